The van der Waals surface area contributed by atoms with Gasteiger partial charge in [-0.25, -0.2) is 0 Å². The molecule has 0 bridgehead atoms. The Kier molecular flexibility index (Phi) is 6.58. The van der Waals surface area contributed by atoms with E-state index in [0.29, 0.717) is 19.7 Å². The summed E-state index contributed by atoms with van der Waals surface area (Å²) in [5, 5.41) is 0.736. The third-order valence-corrected chi connectivity index (χ3v) is 5.01. The smallest absolute Gasteiger partial charge is 0.248 e. The standard InChI is InChI=1S/C21H25ClN2O3/c1-16-6-7-18(22)13-20(16)23-8-10-24(11-9-23)21(25)15-27-14-17-4-3-5-19(12-17)26-2/h3-7,12-13H,8-11,14-15H2,1-2H3. The molecule has 6 heteroatoms. The quantitative estimate of drug-likeness (QED) is 0.759. The van der Waals surface area contributed by atoms with Crippen LogP contribution in [-0.2, 0) is 16.1 Å². The molecule has 0 radical (unpaired) electrons. The summed E-state index contributed by atoms with van der Waals surface area (Å²) in [5.74, 6) is 0.815. The highest BCUT2D eigenvalue weighted by molar-refractivity contribution is 6.30. The molecule has 144 valence electrons. The SMILES string of the molecule is COc1cccc(COCC(=O)N2CCN(c3cc(Cl)ccc3C)CC2)c1. The third kappa shape index (κ3) is 5.15. The van der Waals surface area contributed by atoms with E-state index in [-0.39, 0.29) is 12.5 Å². The zero-order chi connectivity index (χ0) is 19.2. The van der Waals surface area contributed by atoms with Gasteiger partial charge in [-0.2, -0.15) is 0 Å². The van der Waals surface area contributed by atoms with Gasteiger partial charge in [0.15, 0.2) is 0 Å². The molecule has 0 unspecified atom stereocenters. The highest BCUT2D eigenvalue weighted by atomic mass is 35.5. The van der Waals surface area contributed by atoms with Gasteiger partial charge in [0.25, 0.3) is 0 Å². The Morgan fingerprint density at radius 3 is 2.63 bits per heavy atom. The van der Waals surface area contributed by atoms with E-state index in [1.54, 1.807) is 7.11 Å². The summed E-state index contributed by atoms with van der Waals surface area (Å²) in [4.78, 5) is 16.6. The van der Waals surface area contributed by atoms with Crippen LogP contribution in [0.3, 0.4) is 0 Å². The lowest BCUT2D eigenvalue weighted by atomic mass is 10.1. The molecule has 2 aromatic carbocycles. The van der Waals surface area contributed by atoms with E-state index in [0.717, 1.165) is 35.1 Å². The van der Waals surface area contributed by atoms with E-state index in [2.05, 4.69) is 11.8 Å². The molecule has 1 aliphatic heterocycles. The second-order valence-corrected chi connectivity index (χ2v) is 7.08. The largest absolute Gasteiger partial charge is 0.497 e. The van der Waals surface area contributed by atoms with Crippen molar-refractivity contribution in [3.63, 3.8) is 0 Å². The molecule has 1 amide bonds. The molecule has 27 heavy (non-hydrogen) atoms. The first-order valence-electron chi connectivity index (χ1n) is 9.06. The number of piperazine rings is 1. The summed E-state index contributed by atoms with van der Waals surface area (Å²) < 4.78 is 10.8. The van der Waals surface area contributed by atoms with Crippen molar-refractivity contribution >= 4 is 23.2 Å². The number of nitrogens with zero attached hydrogens (tertiary/aromatic N) is 2. The Morgan fingerprint density at radius 1 is 1.11 bits per heavy atom. The number of aryl methyl sites for hydroxylation is 1. The lowest BCUT2D eigenvalue weighted by Gasteiger charge is -2.36. The minimum Gasteiger partial charge on any atom is -0.497 e. The number of methoxy groups -OCH3 is 1. The second-order valence-electron chi connectivity index (χ2n) is 6.64. The van der Waals surface area contributed by atoms with Crippen molar-refractivity contribution in [3.05, 3.63) is 58.6 Å². The second kappa shape index (κ2) is 9.11. The number of hydrogen-bond donors (Lipinski definition) is 0. The van der Waals surface area contributed by atoms with Gasteiger partial charge in [0.05, 0.1) is 13.7 Å². The van der Waals surface area contributed by atoms with Gasteiger partial charge in [-0.05, 0) is 42.3 Å². The van der Waals surface area contributed by atoms with E-state index in [1.165, 1.54) is 5.56 Å². The minimum absolute atomic E-state index is 0.0281. The number of benzene rings is 2. The molecule has 0 aliphatic carbocycles. The highest BCUT2D eigenvalue weighted by Gasteiger charge is 2.22. The maximum Gasteiger partial charge on any atom is 0.248 e. The average molecular weight is 389 g/mol. The first-order chi connectivity index (χ1) is 13.1. The number of halogens is 1. The van der Waals surface area contributed by atoms with E-state index in [4.69, 9.17) is 21.1 Å². The lowest BCUT2D eigenvalue weighted by molar-refractivity contribution is -0.136. The Labute approximate surface area is 165 Å². The van der Waals surface area contributed by atoms with E-state index < -0.39 is 0 Å². The van der Waals surface area contributed by atoms with Gasteiger partial charge in [0, 0.05) is 36.9 Å². The monoisotopic (exact) mass is 388 g/mol. The van der Waals surface area contributed by atoms with Gasteiger partial charge in [-0.1, -0.05) is 29.8 Å². The maximum absolute atomic E-state index is 12.4. The normalized spacial score (nSPS) is 14.3. The molecular weight excluding hydrogens is 364 g/mol. The molecule has 3 rings (SSSR count). The predicted octanol–water partition coefficient (Wildman–Crippen LogP) is 3.52. The van der Waals surface area contributed by atoms with Crippen LogP contribution in [-0.4, -0.2) is 50.7 Å². The van der Waals surface area contributed by atoms with Crippen LogP contribution >= 0.6 is 11.6 Å². The van der Waals surface area contributed by atoms with Gasteiger partial charge >= 0.3 is 0 Å². The summed E-state index contributed by atoms with van der Waals surface area (Å²) in [6.45, 7) is 5.53. The van der Waals surface area contributed by atoms with Gasteiger partial charge in [-0.15, -0.1) is 0 Å². The lowest BCUT2D eigenvalue weighted by Crippen LogP contribution is -2.50. The first-order valence-corrected chi connectivity index (χ1v) is 9.44. The molecule has 0 saturated carbocycles. The Balaban J connectivity index is 1.46. The molecule has 1 heterocycles. The van der Waals surface area contributed by atoms with Gasteiger partial charge in [0.2, 0.25) is 5.91 Å². The number of rotatable bonds is 6. The van der Waals surface area contributed by atoms with Crippen molar-refractivity contribution in [3.8, 4) is 5.75 Å². The highest BCUT2D eigenvalue weighted by Crippen LogP contribution is 2.25. The number of ether oxygens (including phenoxy) is 2. The molecule has 1 saturated heterocycles. The molecule has 0 aromatic heterocycles. The van der Waals surface area contributed by atoms with Crippen LogP contribution in [0.5, 0.6) is 5.75 Å². The molecule has 5 nitrogen and oxygen atoms in total. The Morgan fingerprint density at radius 2 is 1.89 bits per heavy atom. The minimum atomic E-state index is 0.0281. The molecule has 2 aromatic rings. The molecule has 1 aliphatic rings. The van der Waals surface area contributed by atoms with E-state index in [9.17, 15) is 4.79 Å². The van der Waals surface area contributed by atoms with Crippen molar-refractivity contribution < 1.29 is 14.3 Å². The fourth-order valence-corrected chi connectivity index (χ4v) is 3.40. The van der Waals surface area contributed by atoms with Crippen LogP contribution in [0.4, 0.5) is 5.69 Å². The number of amides is 1. The van der Waals surface area contributed by atoms with Crippen LogP contribution in [0.1, 0.15) is 11.1 Å². The number of carbonyl (C=O) groups excluding carboxylic acids is 1. The first kappa shape index (κ1) is 19.5. The molecule has 0 atom stereocenters. The van der Waals surface area contributed by atoms with Gasteiger partial charge in [0.1, 0.15) is 12.4 Å². The van der Waals surface area contributed by atoms with Crippen LogP contribution < -0.4 is 9.64 Å². The topological polar surface area (TPSA) is 42.0 Å². The zero-order valence-corrected chi connectivity index (χ0v) is 16.5. The van der Waals surface area contributed by atoms with Crippen molar-refractivity contribution in [2.24, 2.45) is 0 Å². The van der Waals surface area contributed by atoms with E-state index >= 15 is 0 Å². The van der Waals surface area contributed by atoms with Crippen molar-refractivity contribution in [1.82, 2.24) is 4.90 Å². The third-order valence-electron chi connectivity index (χ3n) is 4.77. The molecular formula is C21H25ClN2O3. The molecule has 1 fully saturated rings. The van der Waals surface area contributed by atoms with Gasteiger partial charge in [-0.3, -0.25) is 4.79 Å². The Hall–Kier alpha value is -2.24. The summed E-state index contributed by atoms with van der Waals surface area (Å²) in [6, 6.07) is 13.6. The number of hydrogen-bond acceptors (Lipinski definition) is 4. The Bertz CT molecular complexity index is 789. The van der Waals surface area contributed by atoms with Gasteiger partial charge < -0.3 is 19.3 Å². The van der Waals surface area contributed by atoms with Crippen molar-refractivity contribution in [2.45, 2.75) is 13.5 Å². The van der Waals surface area contributed by atoms with Crippen LogP contribution in [0, 0.1) is 6.92 Å². The summed E-state index contributed by atoms with van der Waals surface area (Å²) in [6.07, 6.45) is 0. The molecule has 0 spiro atoms. The summed E-state index contributed by atoms with van der Waals surface area (Å²) in [5.41, 5.74) is 3.33. The van der Waals surface area contributed by atoms with Crippen molar-refractivity contribution in [1.29, 1.82) is 0 Å². The van der Waals surface area contributed by atoms with Crippen LogP contribution in [0.25, 0.3) is 0 Å². The van der Waals surface area contributed by atoms with Crippen LogP contribution in [0.15, 0.2) is 42.5 Å². The summed E-state index contributed by atoms with van der Waals surface area (Å²) >= 11 is 6.13. The van der Waals surface area contributed by atoms with E-state index in [1.807, 2.05) is 47.4 Å². The zero-order valence-electron chi connectivity index (χ0n) is 15.8. The fraction of sp³-hybridized carbons (Fsp3) is 0.381. The fourth-order valence-electron chi connectivity index (χ4n) is 3.23. The van der Waals surface area contributed by atoms with Crippen molar-refractivity contribution in [2.75, 3.05) is 44.8 Å². The average Bonchev–Trinajstić information content (AvgIpc) is 2.70. The predicted molar refractivity (Wildman–Crippen MR) is 108 cm³/mol. The summed E-state index contributed by atoms with van der Waals surface area (Å²) in [7, 11) is 1.63. The number of anilines is 1. The maximum atomic E-state index is 12.4. The number of carbonyl (C=O) groups is 1. The molecule has 0 N–H and O–H groups in total. The van der Waals surface area contributed by atoms with Crippen LogP contribution in [0.2, 0.25) is 5.02 Å².